The van der Waals surface area contributed by atoms with Crippen molar-refractivity contribution in [2.45, 2.75) is 12.8 Å². The maximum atomic E-state index is 11.3. The summed E-state index contributed by atoms with van der Waals surface area (Å²) in [5.41, 5.74) is 4.78. The minimum absolute atomic E-state index is 0.194. The Hall–Kier alpha value is -2.57. The Balaban J connectivity index is 2.25. The minimum Gasteiger partial charge on any atom is -0.481 e. The third-order valence-electron chi connectivity index (χ3n) is 1.91. The van der Waals surface area contributed by atoms with Crippen molar-refractivity contribution >= 4 is 23.6 Å². The van der Waals surface area contributed by atoms with Gasteiger partial charge in [0, 0.05) is 12.1 Å². The molecule has 0 unspecified atom stereocenters. The first kappa shape index (κ1) is 13.5. The first-order valence-corrected chi connectivity index (χ1v) is 5.20. The van der Waals surface area contributed by atoms with E-state index in [2.05, 4.69) is 16.2 Å². The molecule has 7 nitrogen and oxygen atoms in total. The standard InChI is InChI=1S/C11H13N3O4/c15-9(6-7-10(16)17)13-14-11(18)12-8-4-2-1-3-5-8/h1-5H,6-7H2,(H,13,15)(H,16,17)(H2,12,14,18). The molecule has 7 heteroatoms. The van der Waals surface area contributed by atoms with E-state index in [1.807, 2.05) is 0 Å². The molecule has 1 aromatic rings. The number of nitrogens with one attached hydrogen (secondary N) is 3. The zero-order chi connectivity index (χ0) is 13.4. The van der Waals surface area contributed by atoms with Gasteiger partial charge in [0.05, 0.1) is 6.42 Å². The maximum absolute atomic E-state index is 11.3. The molecule has 0 aromatic heterocycles. The first-order chi connectivity index (χ1) is 8.58. The molecule has 96 valence electrons. The van der Waals surface area contributed by atoms with E-state index in [1.165, 1.54) is 0 Å². The molecule has 0 saturated carbocycles. The predicted molar refractivity (Wildman–Crippen MR) is 63.6 cm³/mol. The van der Waals surface area contributed by atoms with Crippen LogP contribution in [-0.4, -0.2) is 23.0 Å². The zero-order valence-electron chi connectivity index (χ0n) is 9.47. The van der Waals surface area contributed by atoms with Crippen molar-refractivity contribution in [2.75, 3.05) is 5.32 Å². The Morgan fingerprint density at radius 1 is 1.00 bits per heavy atom. The van der Waals surface area contributed by atoms with Crippen LogP contribution in [0.15, 0.2) is 30.3 Å². The van der Waals surface area contributed by atoms with Crippen LogP contribution in [0.2, 0.25) is 0 Å². The van der Waals surface area contributed by atoms with Gasteiger partial charge in [-0.2, -0.15) is 0 Å². The van der Waals surface area contributed by atoms with Crippen molar-refractivity contribution in [1.29, 1.82) is 0 Å². The van der Waals surface area contributed by atoms with Crippen LogP contribution in [0, 0.1) is 0 Å². The van der Waals surface area contributed by atoms with Gasteiger partial charge < -0.3 is 10.4 Å². The number of carboxylic acid groups (broad SMARTS) is 1. The SMILES string of the molecule is O=C(O)CCC(=O)NNC(=O)Nc1ccccc1. The van der Waals surface area contributed by atoms with Crippen molar-refractivity contribution in [1.82, 2.24) is 10.9 Å². The number of carbonyl (C=O) groups is 3. The van der Waals surface area contributed by atoms with Gasteiger partial charge in [-0.15, -0.1) is 0 Å². The fourth-order valence-electron chi connectivity index (χ4n) is 1.09. The Labute approximate surface area is 103 Å². The quantitative estimate of drug-likeness (QED) is 0.591. The number of carbonyl (C=O) groups excluding carboxylic acids is 2. The molecule has 0 saturated heterocycles. The number of urea groups is 1. The van der Waals surface area contributed by atoms with Gasteiger partial charge in [0.2, 0.25) is 5.91 Å². The summed E-state index contributed by atoms with van der Waals surface area (Å²) >= 11 is 0. The van der Waals surface area contributed by atoms with Gasteiger partial charge >= 0.3 is 12.0 Å². The van der Waals surface area contributed by atoms with Crippen molar-refractivity contribution < 1.29 is 19.5 Å². The number of hydrogen-bond donors (Lipinski definition) is 4. The molecule has 0 aliphatic rings. The lowest BCUT2D eigenvalue weighted by atomic mass is 10.3. The van der Waals surface area contributed by atoms with Crippen LogP contribution in [0.5, 0.6) is 0 Å². The molecule has 0 atom stereocenters. The Kier molecular flexibility index (Phi) is 5.17. The Morgan fingerprint density at radius 3 is 2.28 bits per heavy atom. The lowest BCUT2D eigenvalue weighted by Crippen LogP contribution is -2.43. The van der Waals surface area contributed by atoms with Gasteiger partial charge in [0.15, 0.2) is 0 Å². The summed E-state index contributed by atoms with van der Waals surface area (Å²) in [6.07, 6.45) is -0.477. The van der Waals surface area contributed by atoms with Crippen LogP contribution < -0.4 is 16.2 Å². The largest absolute Gasteiger partial charge is 0.481 e. The third kappa shape index (κ3) is 5.50. The van der Waals surface area contributed by atoms with Gasteiger partial charge in [-0.25, -0.2) is 10.2 Å². The molecule has 1 aromatic carbocycles. The van der Waals surface area contributed by atoms with Gasteiger partial charge in [0.1, 0.15) is 0 Å². The summed E-state index contributed by atoms with van der Waals surface area (Å²) in [5, 5.41) is 10.8. The molecule has 0 bridgehead atoms. The monoisotopic (exact) mass is 251 g/mol. The second kappa shape index (κ2) is 6.89. The van der Waals surface area contributed by atoms with E-state index in [9.17, 15) is 14.4 Å². The number of hydrogen-bond acceptors (Lipinski definition) is 3. The fourth-order valence-corrected chi connectivity index (χ4v) is 1.09. The summed E-state index contributed by atoms with van der Waals surface area (Å²) < 4.78 is 0. The lowest BCUT2D eigenvalue weighted by molar-refractivity contribution is -0.138. The number of anilines is 1. The third-order valence-corrected chi connectivity index (χ3v) is 1.91. The average molecular weight is 251 g/mol. The van der Waals surface area contributed by atoms with E-state index >= 15 is 0 Å². The van der Waals surface area contributed by atoms with Crippen molar-refractivity contribution in [3.63, 3.8) is 0 Å². The van der Waals surface area contributed by atoms with Crippen LogP contribution in [0.3, 0.4) is 0 Å². The van der Waals surface area contributed by atoms with Gasteiger partial charge in [-0.05, 0) is 12.1 Å². The number of rotatable bonds is 4. The maximum Gasteiger partial charge on any atom is 0.337 e. The van der Waals surface area contributed by atoms with Gasteiger partial charge in [0.25, 0.3) is 0 Å². The van der Waals surface area contributed by atoms with E-state index in [-0.39, 0.29) is 12.8 Å². The normalized spacial score (nSPS) is 9.33. The smallest absolute Gasteiger partial charge is 0.337 e. The van der Waals surface area contributed by atoms with Crippen LogP contribution in [0.4, 0.5) is 10.5 Å². The van der Waals surface area contributed by atoms with Crippen LogP contribution in [-0.2, 0) is 9.59 Å². The minimum atomic E-state index is -1.07. The lowest BCUT2D eigenvalue weighted by Gasteiger charge is -2.08. The van der Waals surface area contributed by atoms with Gasteiger partial charge in [-0.3, -0.25) is 15.0 Å². The van der Waals surface area contributed by atoms with Crippen LogP contribution >= 0.6 is 0 Å². The molecule has 0 aliphatic carbocycles. The first-order valence-electron chi connectivity index (χ1n) is 5.20. The number of aliphatic carboxylic acids is 1. The van der Waals surface area contributed by atoms with Crippen molar-refractivity contribution in [3.8, 4) is 0 Å². The van der Waals surface area contributed by atoms with Crippen LogP contribution in [0.25, 0.3) is 0 Å². The molecule has 0 spiro atoms. The second-order valence-corrected chi connectivity index (χ2v) is 3.39. The van der Waals surface area contributed by atoms with E-state index in [4.69, 9.17) is 5.11 Å². The Morgan fingerprint density at radius 2 is 1.67 bits per heavy atom. The molecular weight excluding hydrogens is 238 g/mol. The molecular formula is C11H13N3O4. The molecule has 0 heterocycles. The number of benzene rings is 1. The van der Waals surface area contributed by atoms with Crippen molar-refractivity contribution in [2.24, 2.45) is 0 Å². The molecule has 18 heavy (non-hydrogen) atoms. The second-order valence-electron chi connectivity index (χ2n) is 3.39. The molecule has 3 amide bonds. The summed E-state index contributed by atoms with van der Waals surface area (Å²) in [6.45, 7) is 0. The summed E-state index contributed by atoms with van der Waals surface area (Å²) in [6, 6.07) is 8.07. The molecule has 0 aliphatic heterocycles. The molecule has 1 rings (SSSR count). The molecule has 4 N–H and O–H groups in total. The van der Waals surface area contributed by atoms with E-state index in [1.54, 1.807) is 30.3 Å². The summed E-state index contributed by atoms with van der Waals surface area (Å²) in [7, 11) is 0. The van der Waals surface area contributed by atoms with E-state index in [0.29, 0.717) is 5.69 Å². The predicted octanol–water partition coefficient (Wildman–Crippen LogP) is 0.704. The number of hydrazine groups is 1. The molecule has 0 radical (unpaired) electrons. The van der Waals surface area contributed by atoms with Crippen LogP contribution in [0.1, 0.15) is 12.8 Å². The van der Waals surface area contributed by atoms with E-state index < -0.39 is 17.9 Å². The average Bonchev–Trinajstić information content (AvgIpc) is 2.35. The highest BCUT2D eigenvalue weighted by atomic mass is 16.4. The summed E-state index contributed by atoms with van der Waals surface area (Å²) in [4.78, 5) is 32.6. The number of amides is 3. The number of para-hydroxylation sites is 1. The Bertz CT molecular complexity index is 433. The fraction of sp³-hybridized carbons (Fsp3) is 0.182. The summed E-state index contributed by atoms with van der Waals surface area (Å²) in [5.74, 6) is -1.64. The highest BCUT2D eigenvalue weighted by Gasteiger charge is 2.06. The molecule has 0 fully saturated rings. The van der Waals surface area contributed by atoms with Gasteiger partial charge in [-0.1, -0.05) is 18.2 Å². The highest BCUT2D eigenvalue weighted by molar-refractivity contribution is 5.91. The topological polar surface area (TPSA) is 108 Å². The number of carboxylic acids is 1. The zero-order valence-corrected chi connectivity index (χ0v) is 9.47. The van der Waals surface area contributed by atoms with Crippen molar-refractivity contribution in [3.05, 3.63) is 30.3 Å². The highest BCUT2D eigenvalue weighted by Crippen LogP contribution is 2.03. The van der Waals surface area contributed by atoms with E-state index in [0.717, 1.165) is 0 Å².